The van der Waals surface area contributed by atoms with Gasteiger partial charge in [-0.25, -0.2) is 0 Å². The van der Waals surface area contributed by atoms with Gasteiger partial charge in [-0.15, -0.1) is 0 Å². The van der Waals surface area contributed by atoms with Crippen molar-refractivity contribution in [1.82, 2.24) is 0 Å². The molecule has 0 aliphatic rings. The minimum absolute atomic E-state index is 0.500. The summed E-state index contributed by atoms with van der Waals surface area (Å²) < 4.78 is 1.28. The molecule has 0 spiro atoms. The summed E-state index contributed by atoms with van der Waals surface area (Å²) in [5.41, 5.74) is 8.80. The van der Waals surface area contributed by atoms with Crippen LogP contribution in [0.2, 0.25) is 0 Å². The Morgan fingerprint density at radius 1 is 0.824 bits per heavy atom. The Morgan fingerprint density at radius 3 is 0.941 bits per heavy atom. The fraction of sp³-hybridized carbons (Fsp3) is 0.800. The van der Waals surface area contributed by atoms with Crippen molar-refractivity contribution in [2.75, 3.05) is 26.2 Å². The molecule has 0 aliphatic heterocycles. The van der Waals surface area contributed by atoms with E-state index in [1.807, 2.05) is 0 Å². The predicted octanol–water partition coefficient (Wildman–Crippen LogP) is 1.46. The van der Waals surface area contributed by atoms with E-state index >= 15 is 0 Å². The van der Waals surface area contributed by atoms with Crippen LogP contribution in [0.1, 0.15) is 27.7 Å². The first-order valence-corrected chi connectivity index (χ1v) is 6.34. The Morgan fingerprint density at radius 2 is 0.941 bits per heavy atom. The maximum Gasteiger partial charge on any atom is 0.251 e. The van der Waals surface area contributed by atoms with Gasteiger partial charge in [-0.1, -0.05) is 0 Å². The number of hydrogen-bond donors (Lipinski definition) is 4. The largest absolute Gasteiger partial charge is 0.487 e. The first-order chi connectivity index (χ1) is 7.71. The maximum atomic E-state index is 7.56. The van der Waals surface area contributed by atoms with Crippen LogP contribution >= 0.6 is 24.4 Å². The normalized spacial score (nSPS) is 9.18. The van der Waals surface area contributed by atoms with Gasteiger partial charge in [0.05, 0.1) is 26.2 Å². The standard InChI is InChI=1S/C8H20N.2CH3NOS/c1-5-9(6-2,7-3)8-4;2*2-1(3)4/h5-8H2,1-4H3;2*(H3,2,3,4)/q+1;;. The summed E-state index contributed by atoms with van der Waals surface area (Å²) in [5.74, 6) is 0. The molecule has 6 N–H and O–H groups in total. The van der Waals surface area contributed by atoms with Gasteiger partial charge >= 0.3 is 0 Å². The topological polar surface area (TPSA) is 92.5 Å². The lowest BCUT2D eigenvalue weighted by molar-refractivity contribution is -0.921. The summed E-state index contributed by atoms with van der Waals surface area (Å²) in [6, 6.07) is 0. The van der Waals surface area contributed by atoms with Gasteiger partial charge in [0.25, 0.3) is 10.3 Å². The van der Waals surface area contributed by atoms with Gasteiger partial charge in [-0.2, -0.15) is 0 Å². The van der Waals surface area contributed by atoms with Crippen molar-refractivity contribution in [2.45, 2.75) is 27.7 Å². The molecule has 0 heterocycles. The zero-order valence-electron chi connectivity index (χ0n) is 11.1. The van der Waals surface area contributed by atoms with Crippen molar-refractivity contribution in [1.29, 1.82) is 0 Å². The summed E-state index contributed by atoms with van der Waals surface area (Å²) in [7, 11) is 0. The second-order valence-corrected chi connectivity index (χ2v) is 4.12. The molecule has 0 aromatic heterocycles. The number of quaternary nitrogens is 1. The summed E-state index contributed by atoms with van der Waals surface area (Å²) in [6.07, 6.45) is 0. The van der Waals surface area contributed by atoms with Crippen molar-refractivity contribution in [3.05, 3.63) is 0 Å². The number of nitrogens with zero attached hydrogens (tertiary/aromatic N) is 1. The Labute approximate surface area is 115 Å². The summed E-state index contributed by atoms with van der Waals surface area (Å²) in [6.45, 7) is 14.2. The second kappa shape index (κ2) is 13.4. The number of rotatable bonds is 4. The number of thiocarbonyl (C=S) groups is 2. The quantitative estimate of drug-likeness (QED) is 0.461. The second-order valence-electron chi connectivity index (χ2n) is 3.28. The monoisotopic (exact) mass is 284 g/mol. The van der Waals surface area contributed by atoms with E-state index in [0.29, 0.717) is 0 Å². The lowest BCUT2D eigenvalue weighted by Crippen LogP contribution is -2.47. The van der Waals surface area contributed by atoms with Gasteiger partial charge in [-0.3, -0.25) is 0 Å². The lowest BCUT2D eigenvalue weighted by Gasteiger charge is -2.34. The highest BCUT2D eigenvalue weighted by molar-refractivity contribution is 7.80. The Balaban J connectivity index is -0.000000205. The third-order valence-electron chi connectivity index (χ3n) is 2.68. The van der Waals surface area contributed by atoms with Crippen molar-refractivity contribution >= 4 is 34.8 Å². The molecule has 0 saturated heterocycles. The molecule has 0 radical (unpaired) electrons. The average Bonchev–Trinajstić information content (AvgIpc) is 2.20. The van der Waals surface area contributed by atoms with Crippen molar-refractivity contribution in [2.24, 2.45) is 11.5 Å². The van der Waals surface area contributed by atoms with Crippen molar-refractivity contribution in [3.8, 4) is 0 Å². The predicted molar refractivity (Wildman–Crippen MR) is 81.3 cm³/mol. The van der Waals surface area contributed by atoms with E-state index in [1.54, 1.807) is 0 Å². The van der Waals surface area contributed by atoms with Crippen molar-refractivity contribution < 1.29 is 14.7 Å². The van der Waals surface area contributed by atoms with Crippen LogP contribution in [0.25, 0.3) is 0 Å². The minimum Gasteiger partial charge on any atom is -0.487 e. The maximum absolute atomic E-state index is 7.56. The van der Waals surface area contributed by atoms with Crippen LogP contribution in [0.15, 0.2) is 0 Å². The summed E-state index contributed by atoms with van der Waals surface area (Å²) in [5, 5.41) is 14.1. The van der Waals surface area contributed by atoms with Gasteiger partial charge in [0.1, 0.15) is 0 Å². The van der Waals surface area contributed by atoms with E-state index in [2.05, 4.69) is 63.6 Å². The molecule has 0 unspecified atom stereocenters. The molecule has 5 nitrogen and oxygen atoms in total. The molecule has 0 amide bonds. The van der Waals surface area contributed by atoms with E-state index in [-0.39, 0.29) is 0 Å². The van der Waals surface area contributed by atoms with Crippen LogP contribution in [0.3, 0.4) is 0 Å². The Kier molecular flexibility index (Phi) is 17.0. The van der Waals surface area contributed by atoms with Crippen LogP contribution in [-0.2, 0) is 0 Å². The Bertz CT molecular complexity index is 172. The molecule has 7 heteroatoms. The molecule has 0 fully saturated rings. The fourth-order valence-electron chi connectivity index (χ4n) is 1.34. The highest BCUT2D eigenvalue weighted by Crippen LogP contribution is 2.03. The van der Waals surface area contributed by atoms with Gasteiger partial charge < -0.3 is 26.2 Å². The SMILES string of the molecule is CC[N+](CC)(CC)CC.NC(O)=S.NC(O)=S. The van der Waals surface area contributed by atoms with Gasteiger partial charge in [0.2, 0.25) is 0 Å². The summed E-state index contributed by atoms with van der Waals surface area (Å²) in [4.78, 5) is 0. The molecular weight excluding hydrogens is 258 g/mol. The molecule has 0 atom stereocenters. The van der Waals surface area contributed by atoms with E-state index in [4.69, 9.17) is 10.2 Å². The van der Waals surface area contributed by atoms with Crippen LogP contribution in [0.5, 0.6) is 0 Å². The third-order valence-corrected chi connectivity index (χ3v) is 2.68. The average molecular weight is 284 g/mol. The van der Waals surface area contributed by atoms with Gasteiger partial charge in [-0.05, 0) is 52.1 Å². The molecular formula is C10H26N3O2S2+. The van der Waals surface area contributed by atoms with Crippen LogP contribution in [0, 0.1) is 0 Å². The summed E-state index contributed by atoms with van der Waals surface area (Å²) >= 11 is 7.74. The first-order valence-electron chi connectivity index (χ1n) is 5.53. The van der Waals surface area contributed by atoms with Gasteiger partial charge in [0, 0.05) is 0 Å². The van der Waals surface area contributed by atoms with Crippen molar-refractivity contribution in [3.63, 3.8) is 0 Å². The number of aliphatic hydroxyl groups is 2. The van der Waals surface area contributed by atoms with E-state index in [9.17, 15) is 0 Å². The number of aliphatic hydroxyl groups excluding tert-OH is 2. The first kappa shape index (κ1) is 21.6. The van der Waals surface area contributed by atoms with Gasteiger partial charge in [0.15, 0.2) is 0 Å². The van der Waals surface area contributed by atoms with E-state index in [0.717, 1.165) is 0 Å². The highest BCUT2D eigenvalue weighted by Gasteiger charge is 2.16. The third kappa shape index (κ3) is 21.2. The Hall–Kier alpha value is -0.660. The van der Waals surface area contributed by atoms with Crippen LogP contribution in [-0.4, -0.2) is 51.2 Å². The number of hydrogen-bond acceptors (Lipinski definition) is 2. The molecule has 104 valence electrons. The molecule has 0 bridgehead atoms. The molecule has 0 aromatic rings. The minimum atomic E-state index is -0.500. The zero-order chi connectivity index (χ0) is 14.5. The highest BCUT2D eigenvalue weighted by atomic mass is 32.1. The molecule has 0 aromatic carbocycles. The molecule has 0 saturated carbocycles. The molecule has 0 rings (SSSR count). The molecule has 0 aliphatic carbocycles. The van der Waals surface area contributed by atoms with Crippen LogP contribution in [0.4, 0.5) is 0 Å². The van der Waals surface area contributed by atoms with Crippen LogP contribution < -0.4 is 11.5 Å². The smallest absolute Gasteiger partial charge is 0.251 e. The van der Waals surface area contributed by atoms with E-state index in [1.165, 1.54) is 30.7 Å². The zero-order valence-corrected chi connectivity index (χ0v) is 12.8. The lowest BCUT2D eigenvalue weighted by atomic mass is 10.3. The fourth-order valence-corrected chi connectivity index (χ4v) is 1.34. The van der Waals surface area contributed by atoms with E-state index < -0.39 is 10.3 Å². The molecule has 17 heavy (non-hydrogen) atoms. The number of nitrogens with two attached hydrogens (primary N) is 2.